The number of anilines is 15. The third-order valence-electron chi connectivity index (χ3n) is 17.3. The van der Waals surface area contributed by atoms with Crippen LogP contribution >= 0.6 is 72.6 Å². The first-order valence-corrected chi connectivity index (χ1v) is 41.5. The summed E-state index contributed by atoms with van der Waals surface area (Å²) in [4.78, 5) is 43.9. The molecule has 610 valence electrons. The van der Waals surface area contributed by atoms with Gasteiger partial charge in [0.1, 0.15) is 19.0 Å². The Kier molecular flexibility index (Phi) is 23.7. The van der Waals surface area contributed by atoms with E-state index in [1.165, 1.54) is 70.7 Å². The summed E-state index contributed by atoms with van der Waals surface area (Å²) in [5, 5.41) is 52.2. The molecule has 0 saturated carbocycles. The quantitative estimate of drug-likeness (QED) is 0.0335. The first-order valence-electron chi connectivity index (χ1n) is 36.6. The predicted molar refractivity (Wildman–Crippen MR) is 480 cm³/mol. The molecule has 0 amide bonds. The maximum atomic E-state index is 9.30. The fourth-order valence-corrected chi connectivity index (χ4v) is 16.7. The highest BCUT2D eigenvalue weighted by atomic mass is 79.9. The van der Waals surface area contributed by atoms with Crippen LogP contribution in [0, 0.1) is 6.92 Å². The fraction of sp³-hybridized carbons (Fsp3) is 0.101. The van der Waals surface area contributed by atoms with Gasteiger partial charge in [0.05, 0.1) is 67.9 Å². The van der Waals surface area contributed by atoms with Crippen molar-refractivity contribution in [1.29, 1.82) is 0 Å². The molecule has 19 aromatic rings. The predicted octanol–water partition coefficient (Wildman–Crippen LogP) is 16.0. The third kappa shape index (κ3) is 18.8. The van der Waals surface area contributed by atoms with Gasteiger partial charge in [-0.2, -0.15) is 48.3 Å². The summed E-state index contributed by atoms with van der Waals surface area (Å²) in [6.07, 6.45) is 0.849. The molecule has 1 aliphatic heterocycles. The molecule has 0 radical (unpaired) electrons. The van der Waals surface area contributed by atoms with E-state index in [0.717, 1.165) is 91.5 Å². The van der Waals surface area contributed by atoms with Crippen LogP contribution in [0.3, 0.4) is 0 Å². The number of nitrogens with zero attached hydrogens (tertiary/aromatic N) is 20. The minimum Gasteiger partial charge on any atom is -0.508 e. The number of fused-ring (bicyclic) bond motifs is 5. The van der Waals surface area contributed by atoms with Crippen LogP contribution in [0.5, 0.6) is 34.5 Å². The Morgan fingerprint density at radius 2 is 0.760 bits per heavy atom. The van der Waals surface area contributed by atoms with Crippen molar-refractivity contribution in [3.63, 3.8) is 0 Å². The molecule has 0 aliphatic carbocycles. The van der Waals surface area contributed by atoms with Crippen molar-refractivity contribution in [2.75, 3.05) is 89.8 Å². The number of ether oxygens (including phenoxy) is 5. The summed E-state index contributed by atoms with van der Waals surface area (Å²) in [5.74, 6) is 6.52. The summed E-state index contributed by atoms with van der Waals surface area (Å²) in [6.45, 7) is 5.17. The van der Waals surface area contributed by atoms with Gasteiger partial charge in [0.15, 0.2) is 23.0 Å². The van der Waals surface area contributed by atoms with Crippen LogP contribution in [-0.2, 0) is 6.42 Å². The van der Waals surface area contributed by atoms with Crippen molar-refractivity contribution in [2.45, 2.75) is 20.3 Å². The number of para-hydroxylation sites is 4. The van der Waals surface area contributed by atoms with Gasteiger partial charge in [-0.3, -0.25) is 0 Å². The third-order valence-corrected chi connectivity index (χ3v) is 22.7. The van der Waals surface area contributed by atoms with Gasteiger partial charge >= 0.3 is 0 Å². The molecule has 0 unspecified atom stereocenters. The van der Waals surface area contributed by atoms with E-state index in [0.29, 0.717) is 109 Å². The van der Waals surface area contributed by atoms with E-state index >= 15 is 0 Å². The topological polar surface area (TPSA) is 475 Å². The molecule has 0 saturated heterocycles. The largest absolute Gasteiger partial charge is 0.508 e. The highest BCUT2D eigenvalue weighted by Gasteiger charge is 2.22. The van der Waals surface area contributed by atoms with Crippen LogP contribution in [0.25, 0.3) is 66.5 Å². The van der Waals surface area contributed by atoms with E-state index in [2.05, 4.69) is 118 Å². The monoisotopic (exact) mass is 1770 g/mol. The molecule has 10 aromatic heterocycles. The lowest BCUT2D eigenvalue weighted by Gasteiger charge is -2.18. The number of hydrogen-bond donors (Lipinski definition) is 11. The van der Waals surface area contributed by atoms with E-state index in [1.54, 1.807) is 67.1 Å². The van der Waals surface area contributed by atoms with Crippen molar-refractivity contribution in [1.82, 2.24) is 98.7 Å². The minimum absolute atomic E-state index is 0.197. The SMILES string of the molecule is CCc1csc(-n2nc(Nc3cc(OC)c(OC)c(OC)c3)nc2N)n1.Cc1cccc(Nc2nc(N)n(-c3nc4ccccc4s3)n2)c1.Nc1nc(Nc2ccc(O)cc2)nn1-c1nc2ccccc2s1.Nc1nc(Nc2ccc3c(c2)OCCO3)nn1-c1nc2ccccc2s1.Nc1nc(Nc2cccc(Br)c2)nn1-c1nc2ccccc2s1. The number of benzene rings is 9. The molecule has 0 spiro atoms. The van der Waals surface area contributed by atoms with Crippen molar-refractivity contribution < 1.29 is 28.8 Å². The average molecular weight is 1780 g/mol. The highest BCUT2D eigenvalue weighted by molar-refractivity contribution is 9.10. The minimum atomic E-state index is 0.197. The number of nitrogens with two attached hydrogens (primary N) is 5. The first kappa shape index (κ1) is 80.0. The van der Waals surface area contributed by atoms with Gasteiger partial charge in [0.25, 0.3) is 0 Å². The smallest absolute Gasteiger partial charge is 0.248 e. The summed E-state index contributed by atoms with van der Waals surface area (Å²) in [6, 6.07) is 63.0. The zero-order chi connectivity index (χ0) is 83.6. The second kappa shape index (κ2) is 35.9. The number of methoxy groups -OCH3 is 3. The molecule has 1 aliphatic rings. The second-order valence-corrected chi connectivity index (χ2v) is 31.5. The van der Waals surface area contributed by atoms with Crippen LogP contribution in [0.15, 0.2) is 210 Å². The number of aromatic hydroxyl groups is 1. The number of phenolic OH excluding ortho intramolecular Hbond substituents is 1. The number of phenols is 1. The molecule has 9 aromatic carbocycles. The van der Waals surface area contributed by atoms with Crippen molar-refractivity contribution in [2.24, 2.45) is 0 Å². The van der Waals surface area contributed by atoms with Gasteiger partial charge in [0.2, 0.25) is 90.9 Å². The Bertz CT molecular complexity index is 6530. The molecule has 20 rings (SSSR count). The van der Waals surface area contributed by atoms with E-state index in [4.69, 9.17) is 52.4 Å². The summed E-state index contributed by atoms with van der Waals surface area (Å²) >= 11 is 10.9. The Morgan fingerprint density at radius 3 is 1.15 bits per heavy atom. The lowest BCUT2D eigenvalue weighted by molar-refractivity contribution is 0.171. The normalized spacial score (nSPS) is 11.4. The molecule has 0 atom stereocenters. The summed E-state index contributed by atoms with van der Waals surface area (Å²) in [5.41, 5.74) is 39.8. The van der Waals surface area contributed by atoms with Crippen molar-refractivity contribution in [3.05, 3.63) is 221 Å². The van der Waals surface area contributed by atoms with Gasteiger partial charge in [0, 0.05) is 56.5 Å². The molecular formula is C79H71BrN30O6S5. The molecule has 11 heterocycles. The van der Waals surface area contributed by atoms with Gasteiger partial charge in [-0.15, -0.1) is 36.8 Å². The zero-order valence-electron chi connectivity index (χ0n) is 64.5. The lowest BCUT2D eigenvalue weighted by Crippen LogP contribution is -2.15. The Labute approximate surface area is 715 Å². The number of nitrogens with one attached hydrogen (secondary N) is 5. The van der Waals surface area contributed by atoms with Gasteiger partial charge in [-0.1, -0.05) is 135 Å². The van der Waals surface area contributed by atoms with E-state index in [-0.39, 0.29) is 23.6 Å². The molecule has 16 N–H and O–H groups in total. The molecule has 0 fully saturated rings. The fourth-order valence-electron chi connectivity index (χ4n) is 11.7. The maximum Gasteiger partial charge on any atom is 0.248 e. The van der Waals surface area contributed by atoms with Crippen LogP contribution < -0.4 is 78.9 Å². The number of aryl methyl sites for hydroxylation is 2. The van der Waals surface area contributed by atoms with Gasteiger partial charge in [-0.25, -0.2) is 24.9 Å². The highest BCUT2D eigenvalue weighted by Crippen LogP contribution is 2.42. The van der Waals surface area contributed by atoms with Crippen molar-refractivity contribution in [3.8, 4) is 60.2 Å². The molecule has 36 nitrogen and oxygen atoms in total. The number of rotatable bonds is 19. The van der Waals surface area contributed by atoms with E-state index in [9.17, 15) is 5.11 Å². The van der Waals surface area contributed by atoms with E-state index in [1.807, 2.05) is 183 Å². The molecule has 0 bridgehead atoms. The van der Waals surface area contributed by atoms with Gasteiger partial charge in [-0.05, 0) is 134 Å². The summed E-state index contributed by atoms with van der Waals surface area (Å²) in [7, 11) is 4.66. The van der Waals surface area contributed by atoms with Crippen LogP contribution in [0.4, 0.5) is 87.9 Å². The Morgan fingerprint density at radius 1 is 0.388 bits per heavy atom. The van der Waals surface area contributed by atoms with Gasteiger partial charge < -0.3 is 84.0 Å². The average Bonchev–Trinajstić information content (AvgIpc) is 1.72. The maximum absolute atomic E-state index is 9.30. The van der Waals surface area contributed by atoms with Crippen LogP contribution in [0.2, 0.25) is 0 Å². The molecule has 121 heavy (non-hydrogen) atoms. The van der Waals surface area contributed by atoms with Crippen LogP contribution in [0.1, 0.15) is 18.2 Å². The molecule has 42 heteroatoms. The zero-order valence-corrected chi connectivity index (χ0v) is 70.2. The summed E-state index contributed by atoms with van der Waals surface area (Å²) < 4.78 is 40.0. The Hall–Kier alpha value is -14.9. The standard InChI is InChI=1S/C17H14N6O2S.C16H20N6O3S.C16H14N6S.C15H11BrN6S.C15H12N6OS/c18-15-21-16(19-10-5-6-12-13(9-10)25-8-7-24-12)22-23(15)17-20-11-3-1-2-4-14(11)26-17;1-5-9-8-26-16(19-9)22-14(17)20-15(21-22)18-10-6-11(23-2)13(25-4)12(7-10)24-3;1-10-5-4-6-11(9-10)18-15-20-14(17)22(21-15)16-19-12-7-2-3-8-13(12)23-16;16-9-4-3-5-10(8-9)18-14-20-13(17)22(21-14)15-19-11-6-1-2-7-12(11)23-15;16-13-19-14(17-9-5-7-10(22)8-6-9)20-21(13)15-18-11-3-1-2-4-12(11)23-15/h1-6,9H,7-8H2,(H3,18,19,21,22);6-8H,5H2,1-4H3,(H3,17,18,20,21);2-9H,1H3,(H3,17,18,20,21);1-8H,(H3,17,18,20,21);1-8,22H,(H3,16,17,19,20). The number of hydrogen-bond acceptors (Lipinski definition) is 36. The van der Waals surface area contributed by atoms with E-state index < -0.39 is 0 Å². The lowest BCUT2D eigenvalue weighted by atomic mass is 10.2. The number of aromatic nitrogens is 20. The first-order chi connectivity index (χ1) is 58.9. The number of thiazole rings is 5. The van der Waals surface area contributed by atoms with Crippen molar-refractivity contribution >= 4 is 201 Å². The Balaban J connectivity index is 0.000000113. The number of halogens is 1. The van der Waals surface area contributed by atoms with Crippen LogP contribution in [-0.4, -0.2) is 138 Å². The second-order valence-electron chi connectivity index (χ2n) is 25.7. The number of nitrogen functional groups attached to an aromatic ring is 5. The molecular weight excluding hydrogens is 1710 g/mol.